The normalized spacial score (nSPS) is 13.5. The third-order valence-electron chi connectivity index (χ3n) is 4.54. The number of methoxy groups -OCH3 is 1. The molecule has 8 nitrogen and oxygen atoms in total. The van der Waals surface area contributed by atoms with Gasteiger partial charge in [-0.3, -0.25) is 4.99 Å². The molecule has 27 heavy (non-hydrogen) atoms. The number of nitrogens with zero attached hydrogens (tertiary/aromatic N) is 4. The smallest absolute Gasteiger partial charge is 0.191 e. The molecule has 0 radical (unpaired) electrons. The highest BCUT2D eigenvalue weighted by atomic mass is 16.5. The number of hydrogen-bond donors (Lipinski definition) is 2. The van der Waals surface area contributed by atoms with Crippen LogP contribution < -0.4 is 15.4 Å². The number of aliphatic imine (C=N–C) groups is 1. The first-order valence-electron chi connectivity index (χ1n) is 9.28. The van der Waals surface area contributed by atoms with Gasteiger partial charge in [0, 0.05) is 39.2 Å². The van der Waals surface area contributed by atoms with Crippen LogP contribution in [0.1, 0.15) is 29.2 Å². The number of fused-ring (bicyclic) bond motifs is 1. The minimum absolute atomic E-state index is 0.526. The molecular formula is C19H28N6O2. The molecule has 0 amide bonds. The zero-order valence-corrected chi connectivity index (χ0v) is 16.3. The fourth-order valence-electron chi connectivity index (χ4n) is 3.08. The number of ether oxygens (including phenoxy) is 2. The van der Waals surface area contributed by atoms with Crippen LogP contribution in [0.4, 0.5) is 0 Å². The van der Waals surface area contributed by atoms with Crippen molar-refractivity contribution in [2.24, 2.45) is 4.99 Å². The number of aromatic nitrogens is 3. The highest BCUT2D eigenvalue weighted by Crippen LogP contribution is 2.20. The van der Waals surface area contributed by atoms with Gasteiger partial charge in [-0.2, -0.15) is 0 Å². The largest absolute Gasteiger partial charge is 0.491 e. The molecule has 1 aromatic heterocycles. The fourth-order valence-corrected chi connectivity index (χ4v) is 3.08. The highest BCUT2D eigenvalue weighted by molar-refractivity contribution is 5.79. The van der Waals surface area contributed by atoms with E-state index in [1.807, 2.05) is 6.07 Å². The minimum Gasteiger partial charge on any atom is -0.491 e. The van der Waals surface area contributed by atoms with Gasteiger partial charge in [-0.1, -0.05) is 12.1 Å². The van der Waals surface area contributed by atoms with E-state index in [1.165, 1.54) is 0 Å². The van der Waals surface area contributed by atoms with Gasteiger partial charge in [-0.05, 0) is 25.0 Å². The van der Waals surface area contributed by atoms with Gasteiger partial charge >= 0.3 is 0 Å². The minimum atomic E-state index is 0.526. The molecule has 1 aromatic carbocycles. The van der Waals surface area contributed by atoms with Gasteiger partial charge in [0.25, 0.3) is 0 Å². The molecule has 0 bridgehead atoms. The first-order valence-corrected chi connectivity index (χ1v) is 9.28. The molecule has 3 rings (SSSR count). The number of hydrogen-bond acceptors (Lipinski definition) is 5. The predicted octanol–water partition coefficient (Wildman–Crippen LogP) is 1.42. The van der Waals surface area contributed by atoms with E-state index >= 15 is 0 Å². The third-order valence-corrected chi connectivity index (χ3v) is 4.54. The molecule has 2 heterocycles. The van der Waals surface area contributed by atoms with E-state index in [4.69, 9.17) is 9.47 Å². The van der Waals surface area contributed by atoms with E-state index in [2.05, 4.69) is 49.4 Å². The SMILES string of the molecule is CN=C(NCc1ccc(C)cc1OCCOC)NCc1nnc2n1CCC2. The highest BCUT2D eigenvalue weighted by Gasteiger charge is 2.17. The Bertz CT molecular complexity index is 787. The number of nitrogens with one attached hydrogen (secondary N) is 2. The summed E-state index contributed by atoms with van der Waals surface area (Å²) in [6.07, 6.45) is 2.16. The molecule has 0 spiro atoms. The first kappa shape index (κ1) is 19.2. The summed E-state index contributed by atoms with van der Waals surface area (Å²) in [7, 11) is 3.43. The molecule has 1 aliphatic rings. The van der Waals surface area contributed by atoms with Crippen LogP contribution in [0.15, 0.2) is 23.2 Å². The van der Waals surface area contributed by atoms with Crippen molar-refractivity contribution in [1.29, 1.82) is 0 Å². The lowest BCUT2D eigenvalue weighted by molar-refractivity contribution is 0.145. The topological polar surface area (TPSA) is 85.6 Å². The zero-order chi connectivity index (χ0) is 19.1. The summed E-state index contributed by atoms with van der Waals surface area (Å²) < 4.78 is 13.1. The lowest BCUT2D eigenvalue weighted by Gasteiger charge is -2.15. The van der Waals surface area contributed by atoms with E-state index in [9.17, 15) is 0 Å². The molecule has 8 heteroatoms. The third kappa shape index (κ3) is 4.97. The summed E-state index contributed by atoms with van der Waals surface area (Å²) in [5, 5.41) is 15.1. The predicted molar refractivity (Wildman–Crippen MR) is 104 cm³/mol. The van der Waals surface area contributed by atoms with E-state index in [-0.39, 0.29) is 0 Å². The first-order chi connectivity index (χ1) is 13.2. The van der Waals surface area contributed by atoms with Crippen LogP contribution in [0.25, 0.3) is 0 Å². The van der Waals surface area contributed by atoms with Crippen molar-refractivity contribution in [3.05, 3.63) is 41.0 Å². The van der Waals surface area contributed by atoms with Crippen molar-refractivity contribution >= 4 is 5.96 Å². The van der Waals surface area contributed by atoms with Crippen LogP contribution in [0.3, 0.4) is 0 Å². The second kappa shape index (κ2) is 9.36. The molecule has 1 aliphatic heterocycles. The Labute approximate surface area is 160 Å². The monoisotopic (exact) mass is 372 g/mol. The average Bonchev–Trinajstić information content (AvgIpc) is 3.28. The van der Waals surface area contributed by atoms with E-state index in [1.54, 1.807) is 14.2 Å². The Morgan fingerprint density at radius 2 is 2.07 bits per heavy atom. The van der Waals surface area contributed by atoms with Gasteiger partial charge < -0.3 is 24.7 Å². The molecule has 146 valence electrons. The second-order valence-electron chi connectivity index (χ2n) is 6.52. The Kier molecular flexibility index (Phi) is 6.64. The van der Waals surface area contributed by atoms with Gasteiger partial charge in [0.2, 0.25) is 0 Å². The molecule has 2 aromatic rings. The van der Waals surface area contributed by atoms with Gasteiger partial charge in [0.1, 0.15) is 18.2 Å². The molecule has 2 N–H and O–H groups in total. The maximum atomic E-state index is 5.85. The summed E-state index contributed by atoms with van der Waals surface area (Å²) in [4.78, 5) is 4.29. The van der Waals surface area contributed by atoms with Crippen LogP contribution in [-0.4, -0.2) is 48.1 Å². The molecular weight excluding hydrogens is 344 g/mol. The van der Waals surface area contributed by atoms with Crippen molar-refractivity contribution in [3.63, 3.8) is 0 Å². The molecule has 0 unspecified atom stereocenters. The van der Waals surface area contributed by atoms with Crippen molar-refractivity contribution < 1.29 is 9.47 Å². The van der Waals surface area contributed by atoms with Crippen LogP contribution in [-0.2, 0) is 30.8 Å². The molecule has 0 saturated carbocycles. The van der Waals surface area contributed by atoms with Crippen molar-refractivity contribution in [2.75, 3.05) is 27.4 Å². The van der Waals surface area contributed by atoms with Gasteiger partial charge in [0.05, 0.1) is 13.2 Å². The van der Waals surface area contributed by atoms with Crippen LogP contribution in [0.2, 0.25) is 0 Å². The maximum Gasteiger partial charge on any atom is 0.191 e. The Balaban J connectivity index is 1.56. The fraction of sp³-hybridized carbons (Fsp3) is 0.526. The molecule has 0 aliphatic carbocycles. The van der Waals surface area contributed by atoms with E-state index in [0.717, 1.165) is 47.9 Å². The lowest BCUT2D eigenvalue weighted by atomic mass is 10.1. The lowest BCUT2D eigenvalue weighted by Crippen LogP contribution is -2.37. The number of aryl methyl sites for hydroxylation is 2. The van der Waals surface area contributed by atoms with E-state index < -0.39 is 0 Å². The standard InChI is InChI=1S/C19H28N6O2/c1-14-6-7-15(16(11-14)27-10-9-26-3)12-21-19(20-2)22-13-18-24-23-17-5-4-8-25(17)18/h6-7,11H,4-5,8-10,12-13H2,1-3H3,(H2,20,21,22). The van der Waals surface area contributed by atoms with Crippen LogP contribution >= 0.6 is 0 Å². The summed E-state index contributed by atoms with van der Waals surface area (Å²) in [5.74, 6) is 3.61. The van der Waals surface area contributed by atoms with Crippen molar-refractivity contribution in [2.45, 2.75) is 39.4 Å². The molecule has 0 atom stereocenters. The summed E-state index contributed by atoms with van der Waals surface area (Å²) in [6, 6.07) is 6.20. The Hall–Kier alpha value is -2.61. The Morgan fingerprint density at radius 1 is 1.22 bits per heavy atom. The van der Waals surface area contributed by atoms with Gasteiger partial charge in [0.15, 0.2) is 11.8 Å². The zero-order valence-electron chi connectivity index (χ0n) is 16.3. The van der Waals surface area contributed by atoms with E-state index in [0.29, 0.717) is 32.3 Å². The van der Waals surface area contributed by atoms with Crippen LogP contribution in [0.5, 0.6) is 5.75 Å². The summed E-state index contributed by atoms with van der Waals surface area (Å²) >= 11 is 0. The second-order valence-corrected chi connectivity index (χ2v) is 6.52. The number of guanidine groups is 1. The molecule has 0 saturated heterocycles. The summed E-state index contributed by atoms with van der Waals surface area (Å²) in [5.41, 5.74) is 2.23. The summed E-state index contributed by atoms with van der Waals surface area (Å²) in [6.45, 7) is 5.34. The van der Waals surface area contributed by atoms with Gasteiger partial charge in [-0.15, -0.1) is 10.2 Å². The number of rotatable bonds is 8. The quantitative estimate of drug-likeness (QED) is 0.414. The van der Waals surface area contributed by atoms with Crippen LogP contribution in [0, 0.1) is 6.92 Å². The molecule has 0 fully saturated rings. The van der Waals surface area contributed by atoms with Gasteiger partial charge in [-0.25, -0.2) is 0 Å². The maximum absolute atomic E-state index is 5.85. The van der Waals surface area contributed by atoms with Crippen molar-refractivity contribution in [1.82, 2.24) is 25.4 Å². The number of benzene rings is 1. The van der Waals surface area contributed by atoms with Crippen molar-refractivity contribution in [3.8, 4) is 5.75 Å². The Morgan fingerprint density at radius 3 is 2.89 bits per heavy atom. The average molecular weight is 372 g/mol.